The number of rotatable bonds is 22. The van der Waals surface area contributed by atoms with E-state index in [1.54, 1.807) is 0 Å². The zero-order chi connectivity index (χ0) is 39.3. The highest BCUT2D eigenvalue weighted by molar-refractivity contribution is 5.82. The molecule has 11 rings (SSSR count). The van der Waals surface area contributed by atoms with Crippen molar-refractivity contribution < 1.29 is 9.47 Å². The summed E-state index contributed by atoms with van der Waals surface area (Å²) in [4.78, 5) is 0. The third-order valence-electron chi connectivity index (χ3n) is 13.8. The lowest BCUT2D eigenvalue weighted by Gasteiger charge is -2.49. The molecule has 0 unspecified atom stereocenters. The Balaban J connectivity index is 1.12. The van der Waals surface area contributed by atoms with Gasteiger partial charge >= 0.3 is 0 Å². The number of ether oxygens (including phenoxy) is 2. The van der Waals surface area contributed by atoms with Gasteiger partial charge < -0.3 is 9.47 Å². The lowest BCUT2D eigenvalue weighted by Crippen LogP contribution is -2.34. The van der Waals surface area contributed by atoms with Gasteiger partial charge in [-0.3, -0.25) is 0 Å². The van der Waals surface area contributed by atoms with Crippen molar-refractivity contribution >= 4 is 0 Å². The number of benzene rings is 5. The molecule has 2 heteroatoms. The van der Waals surface area contributed by atoms with Gasteiger partial charge in [0.1, 0.15) is 11.5 Å². The fraction of sp³-hybridized carbons (Fsp3) is 0.393. The minimum Gasteiger partial charge on any atom is -0.493 e. The molecule has 0 N–H and O–H groups in total. The predicted molar refractivity (Wildman–Crippen MR) is 241 cm³/mol. The number of hydrogen-bond donors (Lipinski definition) is 0. The van der Waals surface area contributed by atoms with Crippen LogP contribution in [0.4, 0.5) is 0 Å². The summed E-state index contributed by atoms with van der Waals surface area (Å²) in [6.07, 6.45) is 23.9. The Morgan fingerprint density at radius 2 is 0.552 bits per heavy atom. The molecule has 0 atom stereocenters. The van der Waals surface area contributed by atoms with Crippen LogP contribution in [0.1, 0.15) is 193 Å². The molecule has 0 saturated heterocycles. The van der Waals surface area contributed by atoms with E-state index < -0.39 is 0 Å². The molecule has 2 nitrogen and oxygen atoms in total. The molecule has 0 fully saturated rings. The number of allylic oxidation sites excluding steroid dienone is 2. The van der Waals surface area contributed by atoms with Gasteiger partial charge in [-0.25, -0.2) is 0 Å². The first kappa shape index (κ1) is 38.7. The minimum absolute atomic E-state index is 0.109. The molecule has 0 aliphatic heterocycles. The third kappa shape index (κ3) is 7.05. The molecule has 0 heterocycles. The van der Waals surface area contributed by atoms with Crippen LogP contribution in [0, 0.1) is 0 Å². The molecule has 0 spiro atoms. The Kier molecular flexibility index (Phi) is 12.0. The van der Waals surface area contributed by atoms with E-state index in [1.165, 1.54) is 144 Å². The second kappa shape index (κ2) is 18.0. The van der Waals surface area contributed by atoms with Crippen molar-refractivity contribution in [1.29, 1.82) is 0 Å². The fourth-order valence-electron chi connectivity index (χ4n) is 11.2. The van der Waals surface area contributed by atoms with Crippen molar-refractivity contribution in [2.24, 2.45) is 0 Å². The smallest absolute Gasteiger partial charge is 0.128 e. The normalized spacial score (nSPS) is 18.3. The van der Waals surface area contributed by atoms with Crippen molar-refractivity contribution in [3.05, 3.63) is 189 Å². The summed E-state index contributed by atoms with van der Waals surface area (Å²) in [6.45, 7) is 9.27. The van der Waals surface area contributed by atoms with E-state index >= 15 is 0 Å². The summed E-state index contributed by atoms with van der Waals surface area (Å²) in [6, 6.07) is 37.0. The van der Waals surface area contributed by atoms with E-state index in [0.717, 1.165) is 50.4 Å². The van der Waals surface area contributed by atoms with Crippen molar-refractivity contribution in [3.63, 3.8) is 0 Å². The lowest BCUT2D eigenvalue weighted by molar-refractivity contribution is 0.281. The monoisotopic (exact) mass is 766 g/mol. The largest absolute Gasteiger partial charge is 0.493 e. The predicted octanol–water partition coefficient (Wildman–Crippen LogP) is 15.0. The van der Waals surface area contributed by atoms with E-state index in [-0.39, 0.29) is 23.7 Å². The Hall–Kier alpha value is -4.82. The first-order valence-corrected chi connectivity index (χ1v) is 22.9. The quantitative estimate of drug-likeness (QED) is 0.0505. The second-order valence-corrected chi connectivity index (χ2v) is 17.4. The average Bonchev–Trinajstić information content (AvgIpc) is 3.27. The van der Waals surface area contributed by atoms with E-state index in [0.29, 0.717) is 0 Å². The number of hydrogen-bond acceptors (Lipinski definition) is 2. The SMILES string of the molecule is C=CCCCCCCCCCOc1c2c(c(OCCCCCCCCCC=C)c3c1C1c4ccccc4C3c3ccccc31)C1c3ccccc3C2c2ccccc21. The van der Waals surface area contributed by atoms with E-state index in [2.05, 4.69) is 122 Å². The molecule has 0 amide bonds. The maximum atomic E-state index is 7.42. The molecule has 5 aromatic rings. The van der Waals surface area contributed by atoms with Crippen molar-refractivity contribution in [1.82, 2.24) is 0 Å². The van der Waals surface area contributed by atoms with Gasteiger partial charge in [-0.05, 0) is 83.0 Å². The molecule has 4 bridgehead atoms. The summed E-state index contributed by atoms with van der Waals surface area (Å²) < 4.78 is 14.8. The Morgan fingerprint density at radius 1 is 0.328 bits per heavy atom. The minimum atomic E-state index is 0.109. The molecular weight excluding hydrogens is 705 g/mol. The summed E-state index contributed by atoms with van der Waals surface area (Å²) >= 11 is 0. The van der Waals surface area contributed by atoms with E-state index in [1.807, 2.05) is 0 Å². The van der Waals surface area contributed by atoms with Crippen molar-refractivity contribution in [2.75, 3.05) is 13.2 Å². The van der Waals surface area contributed by atoms with Gasteiger partial charge in [0.05, 0.1) is 13.2 Å². The first-order chi connectivity index (χ1) is 28.8. The molecule has 0 saturated carbocycles. The van der Waals surface area contributed by atoms with Crippen LogP contribution in [0.3, 0.4) is 0 Å². The molecule has 298 valence electrons. The van der Waals surface area contributed by atoms with Gasteiger partial charge in [0, 0.05) is 45.9 Å². The maximum Gasteiger partial charge on any atom is 0.128 e. The Morgan fingerprint density at radius 3 is 0.793 bits per heavy atom. The van der Waals surface area contributed by atoms with Gasteiger partial charge in [0.2, 0.25) is 0 Å². The van der Waals surface area contributed by atoms with Crippen LogP contribution < -0.4 is 9.47 Å². The summed E-state index contributed by atoms with van der Waals surface area (Å²) in [5.41, 5.74) is 17.0. The highest BCUT2D eigenvalue weighted by Gasteiger charge is 2.52. The van der Waals surface area contributed by atoms with Crippen LogP contribution in [0.15, 0.2) is 122 Å². The van der Waals surface area contributed by atoms with Gasteiger partial charge in [-0.2, -0.15) is 0 Å². The topological polar surface area (TPSA) is 18.5 Å². The Bertz CT molecular complexity index is 1860. The third-order valence-corrected chi connectivity index (χ3v) is 13.8. The molecule has 0 aromatic heterocycles. The van der Waals surface area contributed by atoms with Gasteiger partial charge in [-0.15, -0.1) is 13.2 Å². The zero-order valence-corrected chi connectivity index (χ0v) is 34.7. The van der Waals surface area contributed by atoms with Gasteiger partial charge in [0.25, 0.3) is 0 Å². The molecular formula is C56H62O2. The maximum absolute atomic E-state index is 7.42. The summed E-state index contributed by atoms with van der Waals surface area (Å²) in [5, 5.41) is 0. The molecule has 5 aromatic carbocycles. The van der Waals surface area contributed by atoms with Crippen LogP contribution in [0.2, 0.25) is 0 Å². The highest BCUT2D eigenvalue weighted by atomic mass is 16.5. The molecule has 58 heavy (non-hydrogen) atoms. The Labute approximate surface area is 348 Å². The van der Waals surface area contributed by atoms with Crippen LogP contribution >= 0.6 is 0 Å². The highest BCUT2D eigenvalue weighted by Crippen LogP contribution is 2.67. The van der Waals surface area contributed by atoms with Crippen LogP contribution in [0.5, 0.6) is 11.5 Å². The summed E-state index contributed by atoms with van der Waals surface area (Å²) in [5.74, 6) is 2.73. The molecule has 6 aliphatic carbocycles. The molecule has 6 aliphatic rings. The lowest BCUT2D eigenvalue weighted by atomic mass is 9.55. The van der Waals surface area contributed by atoms with Crippen molar-refractivity contribution in [3.8, 4) is 11.5 Å². The van der Waals surface area contributed by atoms with Crippen LogP contribution in [-0.4, -0.2) is 13.2 Å². The van der Waals surface area contributed by atoms with Crippen LogP contribution in [0.25, 0.3) is 0 Å². The average molecular weight is 767 g/mol. The second-order valence-electron chi connectivity index (χ2n) is 17.4. The van der Waals surface area contributed by atoms with Gasteiger partial charge in [0.15, 0.2) is 0 Å². The van der Waals surface area contributed by atoms with E-state index in [9.17, 15) is 0 Å². The fourth-order valence-corrected chi connectivity index (χ4v) is 11.2. The zero-order valence-electron chi connectivity index (χ0n) is 34.7. The molecule has 0 radical (unpaired) electrons. The van der Waals surface area contributed by atoms with Crippen LogP contribution in [-0.2, 0) is 0 Å². The van der Waals surface area contributed by atoms with Gasteiger partial charge in [-0.1, -0.05) is 173 Å². The van der Waals surface area contributed by atoms with Crippen molar-refractivity contribution in [2.45, 2.75) is 126 Å². The first-order valence-electron chi connectivity index (χ1n) is 22.9. The van der Waals surface area contributed by atoms with E-state index in [4.69, 9.17) is 9.47 Å². The standard InChI is InChI=1S/C56H62O2/c1-3-5-7-9-11-13-15-17-27-37-57-55-51-47-39-29-19-23-33-43(39)49(44-34-24-20-30-40(44)47)53(51)56(58-38-28-18-16-14-12-10-8-6-4-2)54-50-45-35-25-21-31-41(45)48(52(54)55)42-32-22-26-36-46(42)50/h3-4,19-26,29-36,47-50H,1-2,5-18,27-28,37-38H2. The number of unbranched alkanes of at least 4 members (excludes halogenated alkanes) is 14. The summed E-state index contributed by atoms with van der Waals surface area (Å²) in [7, 11) is 0.